The van der Waals surface area contributed by atoms with E-state index in [1.807, 2.05) is 4.90 Å². The standard InChI is InChI=1S/C18H24N2O4/c1-23-14-7-8-16(24-2)15(10-14)19-17(21)13-4-3-9-20(11-13)18(22)12-5-6-12/h7-8,10,12-13H,3-6,9,11H2,1-2H3,(H,19,21)/t13-/m0/s1. The average Bonchev–Trinajstić information content (AvgIpc) is 3.46. The van der Waals surface area contributed by atoms with E-state index in [9.17, 15) is 9.59 Å². The second kappa shape index (κ2) is 7.11. The van der Waals surface area contributed by atoms with Gasteiger partial charge in [-0.05, 0) is 37.8 Å². The summed E-state index contributed by atoms with van der Waals surface area (Å²) in [5, 5.41) is 2.93. The zero-order chi connectivity index (χ0) is 17.1. The highest BCUT2D eigenvalue weighted by atomic mass is 16.5. The number of hydrogen-bond acceptors (Lipinski definition) is 4. The quantitative estimate of drug-likeness (QED) is 0.898. The lowest BCUT2D eigenvalue weighted by atomic mass is 9.96. The summed E-state index contributed by atoms with van der Waals surface area (Å²) in [7, 11) is 3.14. The molecule has 1 N–H and O–H groups in total. The van der Waals surface area contributed by atoms with Gasteiger partial charge in [0.25, 0.3) is 0 Å². The first kappa shape index (κ1) is 16.6. The van der Waals surface area contributed by atoms with Crippen molar-refractivity contribution in [3.05, 3.63) is 18.2 Å². The van der Waals surface area contributed by atoms with Crippen molar-refractivity contribution in [3.8, 4) is 11.5 Å². The molecule has 0 spiro atoms. The number of nitrogens with zero attached hydrogens (tertiary/aromatic N) is 1. The molecular formula is C18H24N2O4. The molecule has 1 aromatic rings. The Labute approximate surface area is 142 Å². The van der Waals surface area contributed by atoms with Crippen molar-refractivity contribution in [2.45, 2.75) is 25.7 Å². The number of carbonyl (C=O) groups is 2. The van der Waals surface area contributed by atoms with Gasteiger partial charge in [-0.1, -0.05) is 0 Å². The monoisotopic (exact) mass is 332 g/mol. The van der Waals surface area contributed by atoms with Crippen molar-refractivity contribution in [1.29, 1.82) is 0 Å². The molecule has 1 atom stereocenters. The van der Waals surface area contributed by atoms with E-state index < -0.39 is 0 Å². The fourth-order valence-corrected chi connectivity index (χ4v) is 3.13. The lowest BCUT2D eigenvalue weighted by Gasteiger charge is -2.32. The van der Waals surface area contributed by atoms with Crippen molar-refractivity contribution >= 4 is 17.5 Å². The van der Waals surface area contributed by atoms with Crippen molar-refractivity contribution in [2.75, 3.05) is 32.6 Å². The highest BCUT2D eigenvalue weighted by Crippen LogP contribution is 2.33. The van der Waals surface area contributed by atoms with Crippen LogP contribution in [0.3, 0.4) is 0 Å². The Morgan fingerprint density at radius 2 is 1.92 bits per heavy atom. The van der Waals surface area contributed by atoms with E-state index in [-0.39, 0.29) is 23.7 Å². The minimum atomic E-state index is -0.183. The first-order valence-electron chi connectivity index (χ1n) is 8.44. The number of likely N-dealkylation sites (tertiary alicyclic amines) is 1. The summed E-state index contributed by atoms with van der Waals surface area (Å²) in [4.78, 5) is 26.7. The van der Waals surface area contributed by atoms with E-state index in [4.69, 9.17) is 9.47 Å². The van der Waals surface area contributed by atoms with Gasteiger partial charge < -0.3 is 19.7 Å². The number of nitrogens with one attached hydrogen (secondary N) is 1. The van der Waals surface area contributed by atoms with Gasteiger partial charge in [-0.15, -0.1) is 0 Å². The maximum atomic E-state index is 12.6. The zero-order valence-electron chi connectivity index (χ0n) is 14.2. The fourth-order valence-electron chi connectivity index (χ4n) is 3.13. The number of anilines is 1. The predicted molar refractivity (Wildman–Crippen MR) is 90.2 cm³/mol. The fraction of sp³-hybridized carbons (Fsp3) is 0.556. The summed E-state index contributed by atoms with van der Waals surface area (Å²) in [5.41, 5.74) is 0.590. The summed E-state index contributed by atoms with van der Waals surface area (Å²) >= 11 is 0. The van der Waals surface area contributed by atoms with E-state index in [1.165, 1.54) is 0 Å². The van der Waals surface area contributed by atoms with Gasteiger partial charge in [0.05, 0.1) is 25.8 Å². The summed E-state index contributed by atoms with van der Waals surface area (Å²) in [6, 6.07) is 5.29. The third-order valence-corrected chi connectivity index (χ3v) is 4.69. The Bertz CT molecular complexity index is 627. The number of hydrogen-bond donors (Lipinski definition) is 1. The summed E-state index contributed by atoms with van der Waals surface area (Å²) in [6.07, 6.45) is 3.65. The zero-order valence-corrected chi connectivity index (χ0v) is 14.2. The van der Waals surface area contributed by atoms with E-state index in [0.29, 0.717) is 23.7 Å². The smallest absolute Gasteiger partial charge is 0.229 e. The molecule has 1 aromatic carbocycles. The van der Waals surface area contributed by atoms with Crippen LogP contribution in [0.25, 0.3) is 0 Å². The topological polar surface area (TPSA) is 67.9 Å². The van der Waals surface area contributed by atoms with Crippen LogP contribution in [0.2, 0.25) is 0 Å². The van der Waals surface area contributed by atoms with Gasteiger partial charge in [0.15, 0.2) is 0 Å². The number of methoxy groups -OCH3 is 2. The Kier molecular flexibility index (Phi) is 4.92. The molecular weight excluding hydrogens is 308 g/mol. The first-order chi connectivity index (χ1) is 11.6. The molecule has 1 aliphatic carbocycles. The van der Waals surface area contributed by atoms with Crippen LogP contribution in [-0.4, -0.2) is 44.0 Å². The Morgan fingerprint density at radius 1 is 1.12 bits per heavy atom. The number of rotatable bonds is 5. The van der Waals surface area contributed by atoms with Gasteiger partial charge in [-0.3, -0.25) is 9.59 Å². The van der Waals surface area contributed by atoms with Gasteiger partial charge in [0.2, 0.25) is 11.8 Å². The molecule has 2 fully saturated rings. The average molecular weight is 332 g/mol. The Balaban J connectivity index is 1.66. The van der Waals surface area contributed by atoms with Crippen LogP contribution in [0.5, 0.6) is 11.5 Å². The number of amides is 2. The molecule has 1 saturated heterocycles. The van der Waals surface area contributed by atoms with Crippen LogP contribution in [0.4, 0.5) is 5.69 Å². The second-order valence-corrected chi connectivity index (χ2v) is 6.45. The maximum absolute atomic E-state index is 12.6. The molecule has 6 nitrogen and oxygen atoms in total. The third kappa shape index (κ3) is 3.63. The van der Waals surface area contributed by atoms with Crippen LogP contribution in [0.15, 0.2) is 18.2 Å². The van der Waals surface area contributed by atoms with E-state index in [2.05, 4.69) is 5.32 Å². The number of ether oxygens (including phenoxy) is 2. The van der Waals surface area contributed by atoms with Gasteiger partial charge in [0.1, 0.15) is 11.5 Å². The lowest BCUT2D eigenvalue weighted by molar-refractivity contribution is -0.135. The minimum absolute atomic E-state index is 0.0742. The van der Waals surface area contributed by atoms with Crippen molar-refractivity contribution in [2.24, 2.45) is 11.8 Å². The molecule has 0 bridgehead atoms. The number of piperidine rings is 1. The molecule has 3 rings (SSSR count). The highest BCUT2D eigenvalue weighted by molar-refractivity contribution is 5.95. The molecule has 130 valence electrons. The molecule has 0 aromatic heterocycles. The molecule has 2 amide bonds. The molecule has 1 aliphatic heterocycles. The molecule has 1 saturated carbocycles. The molecule has 1 heterocycles. The van der Waals surface area contributed by atoms with Gasteiger partial charge in [0, 0.05) is 25.1 Å². The molecule has 24 heavy (non-hydrogen) atoms. The molecule has 0 unspecified atom stereocenters. The Hall–Kier alpha value is -2.24. The third-order valence-electron chi connectivity index (χ3n) is 4.69. The minimum Gasteiger partial charge on any atom is -0.497 e. The molecule has 6 heteroatoms. The normalized spacial score (nSPS) is 20.4. The summed E-state index contributed by atoms with van der Waals surface area (Å²) in [5.74, 6) is 1.40. The Morgan fingerprint density at radius 3 is 2.58 bits per heavy atom. The summed E-state index contributed by atoms with van der Waals surface area (Å²) < 4.78 is 10.5. The van der Waals surface area contributed by atoms with Crippen LogP contribution >= 0.6 is 0 Å². The van der Waals surface area contributed by atoms with Crippen molar-refractivity contribution in [1.82, 2.24) is 4.90 Å². The van der Waals surface area contributed by atoms with E-state index in [1.54, 1.807) is 32.4 Å². The van der Waals surface area contributed by atoms with Crippen LogP contribution in [0.1, 0.15) is 25.7 Å². The van der Waals surface area contributed by atoms with E-state index in [0.717, 1.165) is 32.2 Å². The molecule has 2 aliphatic rings. The second-order valence-electron chi connectivity index (χ2n) is 6.45. The van der Waals surface area contributed by atoms with Crippen LogP contribution < -0.4 is 14.8 Å². The van der Waals surface area contributed by atoms with Gasteiger partial charge in [-0.2, -0.15) is 0 Å². The van der Waals surface area contributed by atoms with Crippen molar-refractivity contribution in [3.63, 3.8) is 0 Å². The predicted octanol–water partition coefficient (Wildman–Crippen LogP) is 2.29. The largest absolute Gasteiger partial charge is 0.497 e. The van der Waals surface area contributed by atoms with E-state index >= 15 is 0 Å². The summed E-state index contributed by atoms with van der Waals surface area (Å²) in [6.45, 7) is 1.27. The first-order valence-corrected chi connectivity index (χ1v) is 8.44. The number of carbonyl (C=O) groups excluding carboxylic acids is 2. The molecule has 0 radical (unpaired) electrons. The SMILES string of the molecule is COc1ccc(OC)c(NC(=O)[C@H]2CCCN(C(=O)C3CC3)C2)c1. The van der Waals surface area contributed by atoms with Crippen LogP contribution in [0, 0.1) is 11.8 Å². The highest BCUT2D eigenvalue weighted by Gasteiger charge is 2.36. The van der Waals surface area contributed by atoms with Crippen LogP contribution in [-0.2, 0) is 9.59 Å². The maximum Gasteiger partial charge on any atom is 0.229 e. The van der Waals surface area contributed by atoms with Gasteiger partial charge >= 0.3 is 0 Å². The van der Waals surface area contributed by atoms with Crippen molar-refractivity contribution < 1.29 is 19.1 Å². The number of benzene rings is 1. The van der Waals surface area contributed by atoms with Gasteiger partial charge in [-0.25, -0.2) is 0 Å². The lowest BCUT2D eigenvalue weighted by Crippen LogP contribution is -2.44.